The number of fused-ring (bicyclic) bond motifs is 1. The van der Waals surface area contributed by atoms with Gasteiger partial charge in [0.1, 0.15) is 6.61 Å². The fraction of sp³-hybridized carbons (Fsp3) is 0.556. The van der Waals surface area contributed by atoms with Gasteiger partial charge in [0.05, 0.1) is 18.5 Å². The first-order chi connectivity index (χ1) is 12.4. The number of rotatable bonds is 4. The number of ether oxygens (including phenoxy) is 2. The van der Waals surface area contributed by atoms with Crippen LogP contribution >= 0.6 is 0 Å². The van der Waals surface area contributed by atoms with Crippen molar-refractivity contribution in [3.05, 3.63) is 35.9 Å². The van der Waals surface area contributed by atoms with E-state index in [4.69, 9.17) is 9.47 Å². The first-order valence-corrected chi connectivity index (χ1v) is 8.71. The van der Waals surface area contributed by atoms with Gasteiger partial charge in [-0.3, -0.25) is 4.90 Å². The van der Waals surface area contributed by atoms with Gasteiger partial charge in [0.25, 0.3) is 5.92 Å². The number of esters is 1. The second-order valence-electron chi connectivity index (χ2n) is 7.15. The zero-order valence-corrected chi connectivity index (χ0v) is 14.1. The predicted octanol–water partition coefficient (Wildman–Crippen LogP) is 1.94. The standard InChI is InChI=1S/C18H20F2N2O4/c19-18(20)11-22(14-9-21-8-13(14)18)16(24)26-17(6-7-17)15(23)25-10-12-4-2-1-3-5-12/h1-5,13-14,21H,6-11H2. The summed E-state index contributed by atoms with van der Waals surface area (Å²) in [7, 11) is 0. The topological polar surface area (TPSA) is 67.9 Å². The van der Waals surface area contributed by atoms with Crippen LogP contribution < -0.4 is 5.32 Å². The van der Waals surface area contributed by atoms with Crippen molar-refractivity contribution in [1.29, 1.82) is 0 Å². The zero-order valence-electron chi connectivity index (χ0n) is 14.1. The van der Waals surface area contributed by atoms with Gasteiger partial charge in [0.15, 0.2) is 0 Å². The largest absolute Gasteiger partial charge is 0.458 e. The molecular formula is C18H20F2N2O4. The Balaban J connectivity index is 1.37. The van der Waals surface area contributed by atoms with Crippen LogP contribution in [0.2, 0.25) is 0 Å². The first kappa shape index (κ1) is 17.2. The van der Waals surface area contributed by atoms with Gasteiger partial charge in [-0.15, -0.1) is 0 Å². The minimum absolute atomic E-state index is 0.0787. The molecule has 1 N–H and O–H groups in total. The Morgan fingerprint density at radius 3 is 2.62 bits per heavy atom. The molecule has 4 rings (SSSR count). The molecule has 1 aromatic carbocycles. The summed E-state index contributed by atoms with van der Waals surface area (Å²) in [6.45, 7) is -0.111. The fourth-order valence-corrected chi connectivity index (χ4v) is 3.63. The molecule has 2 atom stereocenters. The molecule has 1 saturated carbocycles. The molecular weight excluding hydrogens is 346 g/mol. The third-order valence-corrected chi connectivity index (χ3v) is 5.31. The molecule has 1 aromatic rings. The summed E-state index contributed by atoms with van der Waals surface area (Å²) in [6.07, 6.45) is -0.165. The van der Waals surface area contributed by atoms with E-state index in [1.54, 1.807) is 0 Å². The van der Waals surface area contributed by atoms with Gasteiger partial charge in [-0.25, -0.2) is 18.4 Å². The Labute approximate surface area is 149 Å². The van der Waals surface area contributed by atoms with Crippen molar-refractivity contribution < 1.29 is 27.8 Å². The molecule has 2 unspecified atom stereocenters. The molecule has 0 spiro atoms. The minimum Gasteiger partial charge on any atom is -0.458 e. The number of likely N-dealkylation sites (tertiary alicyclic amines) is 1. The average Bonchev–Trinajstić information content (AvgIpc) is 3.13. The lowest BCUT2D eigenvalue weighted by Crippen LogP contribution is -2.43. The Bertz CT molecular complexity index is 708. The number of amides is 1. The molecule has 1 aliphatic carbocycles. The first-order valence-electron chi connectivity index (χ1n) is 8.71. The van der Waals surface area contributed by atoms with Crippen molar-refractivity contribution in [2.45, 2.75) is 37.0 Å². The van der Waals surface area contributed by atoms with E-state index in [1.807, 2.05) is 30.3 Å². The summed E-state index contributed by atoms with van der Waals surface area (Å²) < 4.78 is 38.7. The lowest BCUT2D eigenvalue weighted by molar-refractivity contribution is -0.158. The van der Waals surface area contributed by atoms with E-state index in [0.717, 1.165) is 10.5 Å². The molecule has 0 radical (unpaired) electrons. The lowest BCUT2D eigenvalue weighted by Gasteiger charge is -2.24. The van der Waals surface area contributed by atoms with Crippen LogP contribution in [0.3, 0.4) is 0 Å². The monoisotopic (exact) mass is 366 g/mol. The number of benzene rings is 1. The van der Waals surface area contributed by atoms with E-state index in [0.29, 0.717) is 19.4 Å². The van der Waals surface area contributed by atoms with Crippen LogP contribution in [0.25, 0.3) is 0 Å². The van der Waals surface area contributed by atoms with Crippen molar-refractivity contribution in [3.63, 3.8) is 0 Å². The quantitative estimate of drug-likeness (QED) is 0.825. The van der Waals surface area contributed by atoms with Crippen molar-refractivity contribution in [1.82, 2.24) is 10.2 Å². The summed E-state index contributed by atoms with van der Waals surface area (Å²) in [4.78, 5) is 25.8. The molecule has 3 fully saturated rings. The van der Waals surface area contributed by atoms with Crippen LogP contribution in [0.5, 0.6) is 0 Å². The van der Waals surface area contributed by atoms with Gasteiger partial charge < -0.3 is 14.8 Å². The van der Waals surface area contributed by atoms with Gasteiger partial charge in [0, 0.05) is 25.9 Å². The maximum atomic E-state index is 14.0. The number of alkyl halides is 2. The smallest absolute Gasteiger partial charge is 0.411 e. The van der Waals surface area contributed by atoms with Crippen LogP contribution in [0, 0.1) is 5.92 Å². The van der Waals surface area contributed by atoms with Gasteiger partial charge in [0.2, 0.25) is 5.60 Å². The molecule has 0 aromatic heterocycles. The van der Waals surface area contributed by atoms with Crippen molar-refractivity contribution in [2.24, 2.45) is 5.92 Å². The minimum atomic E-state index is -2.95. The summed E-state index contributed by atoms with van der Waals surface area (Å²) in [5.74, 6) is -4.48. The highest BCUT2D eigenvalue weighted by Gasteiger charge is 2.61. The highest BCUT2D eigenvalue weighted by atomic mass is 19.3. The van der Waals surface area contributed by atoms with Crippen molar-refractivity contribution in [2.75, 3.05) is 19.6 Å². The number of carbonyl (C=O) groups excluding carboxylic acids is 2. The van der Waals surface area contributed by atoms with E-state index in [9.17, 15) is 18.4 Å². The van der Waals surface area contributed by atoms with E-state index in [1.165, 1.54) is 0 Å². The molecule has 3 aliphatic rings. The van der Waals surface area contributed by atoms with Gasteiger partial charge in [-0.1, -0.05) is 30.3 Å². The molecule has 1 amide bonds. The zero-order chi connectivity index (χ0) is 18.4. The second kappa shape index (κ2) is 6.19. The summed E-state index contributed by atoms with van der Waals surface area (Å²) in [5, 5.41) is 2.88. The highest BCUT2D eigenvalue weighted by Crippen LogP contribution is 2.44. The fourth-order valence-electron chi connectivity index (χ4n) is 3.63. The maximum Gasteiger partial charge on any atom is 0.411 e. The number of hydrogen-bond acceptors (Lipinski definition) is 5. The number of nitrogens with one attached hydrogen (secondary N) is 1. The molecule has 26 heavy (non-hydrogen) atoms. The number of halogens is 2. The number of hydrogen-bond donors (Lipinski definition) is 1. The molecule has 6 nitrogen and oxygen atoms in total. The summed E-state index contributed by atoms with van der Waals surface area (Å²) in [5.41, 5.74) is -0.507. The molecule has 2 saturated heterocycles. The van der Waals surface area contributed by atoms with Crippen LogP contribution in [0.1, 0.15) is 18.4 Å². The molecule has 140 valence electrons. The third kappa shape index (κ3) is 3.02. The Kier molecular flexibility index (Phi) is 4.10. The predicted molar refractivity (Wildman–Crippen MR) is 86.5 cm³/mol. The molecule has 8 heteroatoms. The highest BCUT2D eigenvalue weighted by molar-refractivity contribution is 5.86. The maximum absolute atomic E-state index is 14.0. The average molecular weight is 366 g/mol. The Morgan fingerprint density at radius 1 is 1.19 bits per heavy atom. The van der Waals surface area contributed by atoms with E-state index < -0.39 is 42.1 Å². The van der Waals surface area contributed by atoms with E-state index >= 15 is 0 Å². The van der Waals surface area contributed by atoms with Crippen LogP contribution in [0.4, 0.5) is 13.6 Å². The van der Waals surface area contributed by atoms with Gasteiger partial charge in [-0.05, 0) is 5.56 Å². The molecule has 0 bridgehead atoms. The van der Waals surface area contributed by atoms with Crippen LogP contribution in [-0.2, 0) is 20.9 Å². The van der Waals surface area contributed by atoms with Crippen molar-refractivity contribution >= 4 is 12.1 Å². The van der Waals surface area contributed by atoms with Crippen LogP contribution in [-0.4, -0.2) is 54.2 Å². The Morgan fingerprint density at radius 2 is 1.92 bits per heavy atom. The van der Waals surface area contributed by atoms with E-state index in [-0.39, 0.29) is 13.2 Å². The Hall–Kier alpha value is -2.22. The summed E-state index contributed by atoms with van der Waals surface area (Å²) in [6, 6.07) is 8.54. The third-order valence-electron chi connectivity index (χ3n) is 5.31. The van der Waals surface area contributed by atoms with Gasteiger partial charge in [-0.2, -0.15) is 0 Å². The van der Waals surface area contributed by atoms with E-state index in [2.05, 4.69) is 5.32 Å². The molecule has 2 heterocycles. The second-order valence-corrected chi connectivity index (χ2v) is 7.15. The SMILES string of the molecule is O=C(OC1(C(=O)OCc2ccccc2)CC1)N1CC(F)(F)C2CNCC21. The van der Waals surface area contributed by atoms with Crippen molar-refractivity contribution in [3.8, 4) is 0 Å². The molecule has 2 aliphatic heterocycles. The number of nitrogens with zero attached hydrogens (tertiary/aromatic N) is 1. The van der Waals surface area contributed by atoms with Crippen LogP contribution in [0.15, 0.2) is 30.3 Å². The van der Waals surface area contributed by atoms with Gasteiger partial charge >= 0.3 is 12.1 Å². The number of carbonyl (C=O) groups is 2. The lowest BCUT2D eigenvalue weighted by atomic mass is 10.0. The summed E-state index contributed by atoms with van der Waals surface area (Å²) >= 11 is 0. The normalized spacial score (nSPS) is 27.7.